The molecule has 6 rings (SSSR count). The lowest BCUT2D eigenvalue weighted by Crippen LogP contribution is -2.11. The summed E-state index contributed by atoms with van der Waals surface area (Å²) in [5.74, 6) is -1.50. The topological polar surface area (TPSA) is 93.1 Å². The van der Waals surface area contributed by atoms with Crippen LogP contribution in [-0.2, 0) is 9.59 Å². The first-order chi connectivity index (χ1) is 20.5. The lowest BCUT2D eigenvalue weighted by molar-refractivity contribution is -0.140. The van der Waals surface area contributed by atoms with Crippen LogP contribution in [-0.4, -0.2) is 35.4 Å². The summed E-state index contributed by atoms with van der Waals surface area (Å²) in [5.41, 5.74) is 5.24. The molecule has 6 aromatic rings. The van der Waals surface area contributed by atoms with Gasteiger partial charge in [0.05, 0.1) is 0 Å². The van der Waals surface area contributed by atoms with Crippen LogP contribution in [0, 0.1) is 0 Å². The van der Waals surface area contributed by atoms with Gasteiger partial charge in [-0.25, -0.2) is 9.59 Å². The minimum Gasteiger partial charge on any atom is -0.481 e. The molecule has 0 radical (unpaired) electrons. The Morgan fingerprint density at radius 2 is 0.857 bits per heavy atom. The summed E-state index contributed by atoms with van der Waals surface area (Å²) in [5, 5.41) is 22.4. The monoisotopic (exact) mass is 554 g/mol. The smallest absolute Gasteiger partial charge is 0.341 e. The highest BCUT2D eigenvalue weighted by molar-refractivity contribution is 6.11. The maximum Gasteiger partial charge on any atom is 0.341 e. The second-order valence-electron chi connectivity index (χ2n) is 9.85. The summed E-state index contributed by atoms with van der Waals surface area (Å²) in [6, 6.07) is 39.4. The third-order valence-corrected chi connectivity index (χ3v) is 7.13. The molecule has 0 saturated carbocycles. The fourth-order valence-corrected chi connectivity index (χ4v) is 5.25. The van der Waals surface area contributed by atoms with Gasteiger partial charge in [-0.2, -0.15) is 0 Å². The van der Waals surface area contributed by atoms with Crippen molar-refractivity contribution in [1.29, 1.82) is 0 Å². The largest absolute Gasteiger partial charge is 0.481 e. The summed E-state index contributed by atoms with van der Waals surface area (Å²) < 4.78 is 11.8. The average molecular weight is 555 g/mol. The molecule has 0 unspecified atom stereocenters. The summed E-state index contributed by atoms with van der Waals surface area (Å²) in [6.07, 6.45) is 0. The summed E-state index contributed by atoms with van der Waals surface area (Å²) in [4.78, 5) is 23.1. The fraction of sp³-hybridized carbons (Fsp3) is 0.0556. The van der Waals surface area contributed by atoms with E-state index in [1.165, 1.54) is 0 Å². The van der Waals surface area contributed by atoms with Crippen LogP contribution in [0.15, 0.2) is 121 Å². The van der Waals surface area contributed by atoms with Crippen LogP contribution in [0.25, 0.3) is 54.9 Å². The normalized spacial score (nSPS) is 11.0. The van der Waals surface area contributed by atoms with Crippen LogP contribution in [0.4, 0.5) is 0 Å². The molecule has 0 amide bonds. The van der Waals surface area contributed by atoms with E-state index < -0.39 is 25.2 Å². The van der Waals surface area contributed by atoms with E-state index in [4.69, 9.17) is 9.47 Å². The number of ether oxygens (including phenoxy) is 2. The highest BCUT2D eigenvalue weighted by Crippen LogP contribution is 2.47. The lowest BCUT2D eigenvalue weighted by Gasteiger charge is -2.20. The Labute approximate surface area is 242 Å². The number of carbonyl (C=O) groups is 2. The highest BCUT2D eigenvalue weighted by atomic mass is 16.5. The van der Waals surface area contributed by atoms with E-state index in [1.807, 2.05) is 97.1 Å². The van der Waals surface area contributed by atoms with Gasteiger partial charge in [0, 0.05) is 11.1 Å². The van der Waals surface area contributed by atoms with Crippen molar-refractivity contribution in [2.45, 2.75) is 0 Å². The van der Waals surface area contributed by atoms with Crippen molar-refractivity contribution >= 4 is 33.5 Å². The number of rotatable bonds is 9. The number of aliphatic carboxylic acids is 2. The standard InChI is InChI=1S/C36H26O6/c37-33(38)21-41-31-17-15-25-11-13-27(23-7-3-1-4-8-23)19-29(25)35(31)36-30-20-28(24-9-5-2-6-10-24)14-12-26(30)16-18-32(36)42-22-34(39)40/h1-20H,21-22H2,(H,37,38)(H,39,40). The van der Waals surface area contributed by atoms with Crippen LogP contribution in [0.1, 0.15) is 0 Å². The van der Waals surface area contributed by atoms with Gasteiger partial charge in [0.2, 0.25) is 0 Å². The van der Waals surface area contributed by atoms with Crippen LogP contribution in [0.5, 0.6) is 11.5 Å². The van der Waals surface area contributed by atoms with E-state index in [-0.39, 0.29) is 0 Å². The predicted octanol–water partition coefficient (Wildman–Crippen LogP) is 7.92. The van der Waals surface area contributed by atoms with Gasteiger partial charge in [-0.3, -0.25) is 0 Å². The minimum atomic E-state index is -1.11. The van der Waals surface area contributed by atoms with E-state index in [0.29, 0.717) is 22.6 Å². The molecule has 0 heterocycles. The molecule has 6 heteroatoms. The molecule has 0 saturated heterocycles. The molecule has 6 aromatic carbocycles. The third-order valence-electron chi connectivity index (χ3n) is 7.13. The Morgan fingerprint density at radius 1 is 0.476 bits per heavy atom. The third kappa shape index (κ3) is 5.38. The molecule has 2 N–H and O–H groups in total. The molecule has 0 aliphatic rings. The van der Waals surface area contributed by atoms with E-state index in [0.717, 1.165) is 43.8 Å². The van der Waals surface area contributed by atoms with Crippen molar-refractivity contribution in [3.63, 3.8) is 0 Å². The zero-order chi connectivity index (χ0) is 29.1. The SMILES string of the molecule is O=C(O)COc1ccc2ccc(-c3ccccc3)cc2c1-c1c(OCC(=O)O)ccc2ccc(-c3ccccc3)cc12. The Kier molecular flexibility index (Phi) is 7.26. The van der Waals surface area contributed by atoms with Crippen molar-refractivity contribution in [1.82, 2.24) is 0 Å². The van der Waals surface area contributed by atoms with Gasteiger partial charge in [0.1, 0.15) is 11.5 Å². The van der Waals surface area contributed by atoms with Gasteiger partial charge >= 0.3 is 11.9 Å². The van der Waals surface area contributed by atoms with Gasteiger partial charge in [-0.1, -0.05) is 97.1 Å². The zero-order valence-corrected chi connectivity index (χ0v) is 22.5. The number of carboxylic acid groups (broad SMARTS) is 2. The molecule has 0 aliphatic heterocycles. The molecule has 0 aromatic heterocycles. The Hall–Kier alpha value is -5.62. The molecule has 0 atom stereocenters. The van der Waals surface area contributed by atoms with Crippen molar-refractivity contribution in [2.24, 2.45) is 0 Å². The summed E-state index contributed by atoms with van der Waals surface area (Å²) >= 11 is 0. The van der Waals surface area contributed by atoms with E-state index >= 15 is 0 Å². The molecule has 0 bridgehead atoms. The van der Waals surface area contributed by atoms with Gasteiger partial charge in [-0.05, 0) is 68.1 Å². The highest BCUT2D eigenvalue weighted by Gasteiger charge is 2.21. The first-order valence-corrected chi connectivity index (χ1v) is 13.4. The van der Waals surface area contributed by atoms with Gasteiger partial charge in [0.25, 0.3) is 0 Å². The Balaban J connectivity index is 1.69. The molecular weight excluding hydrogens is 528 g/mol. The van der Waals surface area contributed by atoms with Gasteiger partial charge < -0.3 is 19.7 Å². The molecule has 0 spiro atoms. The minimum absolute atomic E-state index is 0.355. The molecule has 206 valence electrons. The van der Waals surface area contributed by atoms with E-state index in [2.05, 4.69) is 12.1 Å². The maximum atomic E-state index is 11.6. The lowest BCUT2D eigenvalue weighted by atomic mass is 9.89. The van der Waals surface area contributed by atoms with E-state index in [9.17, 15) is 19.8 Å². The molecule has 0 fully saturated rings. The van der Waals surface area contributed by atoms with Crippen LogP contribution in [0.3, 0.4) is 0 Å². The summed E-state index contributed by atoms with van der Waals surface area (Å²) in [6.45, 7) is -1.08. The molecule has 42 heavy (non-hydrogen) atoms. The molecule has 6 nitrogen and oxygen atoms in total. The Bertz CT molecular complexity index is 1790. The van der Waals surface area contributed by atoms with Gasteiger partial charge in [-0.15, -0.1) is 0 Å². The van der Waals surface area contributed by atoms with Crippen molar-refractivity contribution in [3.05, 3.63) is 121 Å². The van der Waals surface area contributed by atoms with Gasteiger partial charge in [0.15, 0.2) is 13.2 Å². The number of hydrogen-bond donors (Lipinski definition) is 2. The van der Waals surface area contributed by atoms with Crippen LogP contribution < -0.4 is 9.47 Å². The van der Waals surface area contributed by atoms with Crippen molar-refractivity contribution < 1.29 is 29.3 Å². The first kappa shape index (κ1) is 26.6. The zero-order valence-electron chi connectivity index (χ0n) is 22.5. The van der Waals surface area contributed by atoms with Crippen LogP contribution >= 0.6 is 0 Å². The molecule has 0 aliphatic carbocycles. The second-order valence-corrected chi connectivity index (χ2v) is 9.85. The average Bonchev–Trinajstić information content (AvgIpc) is 3.02. The number of carboxylic acids is 2. The number of benzene rings is 6. The van der Waals surface area contributed by atoms with E-state index in [1.54, 1.807) is 12.1 Å². The fourth-order valence-electron chi connectivity index (χ4n) is 5.25. The van der Waals surface area contributed by atoms with Crippen molar-refractivity contribution in [2.75, 3.05) is 13.2 Å². The first-order valence-electron chi connectivity index (χ1n) is 13.4. The number of hydrogen-bond acceptors (Lipinski definition) is 4. The van der Waals surface area contributed by atoms with Crippen molar-refractivity contribution in [3.8, 4) is 44.9 Å². The van der Waals surface area contributed by atoms with Crippen LogP contribution in [0.2, 0.25) is 0 Å². The molecular formula is C36H26O6. The maximum absolute atomic E-state index is 11.6. The Morgan fingerprint density at radius 3 is 1.24 bits per heavy atom. The summed E-state index contributed by atoms with van der Waals surface area (Å²) in [7, 11) is 0. The second kappa shape index (κ2) is 11.5. The quantitative estimate of drug-likeness (QED) is 0.189. The predicted molar refractivity (Wildman–Crippen MR) is 164 cm³/mol. The number of fused-ring (bicyclic) bond motifs is 2.